The number of rotatable bonds is 10. The molecule has 0 heterocycles. The van der Waals surface area contributed by atoms with Crippen LogP contribution in [0.4, 0.5) is 0 Å². The number of likely N-dealkylation sites (N-methyl/N-ethyl adjacent to an activating group) is 1. The molecule has 27 heavy (non-hydrogen) atoms. The zero-order chi connectivity index (χ0) is 19.7. The van der Waals surface area contributed by atoms with Crippen molar-refractivity contribution in [3.05, 3.63) is 78.4 Å². The van der Waals surface area contributed by atoms with Crippen molar-refractivity contribution in [2.24, 2.45) is 0 Å². The Morgan fingerprint density at radius 1 is 1.11 bits per heavy atom. The predicted octanol–water partition coefficient (Wildman–Crippen LogP) is 4.55. The van der Waals surface area contributed by atoms with Gasteiger partial charge in [-0.2, -0.15) is 0 Å². The van der Waals surface area contributed by atoms with Gasteiger partial charge in [0, 0.05) is 6.54 Å². The molecule has 144 valence electrons. The summed E-state index contributed by atoms with van der Waals surface area (Å²) in [5, 5.41) is 0. The second kappa shape index (κ2) is 9.93. The van der Waals surface area contributed by atoms with E-state index < -0.39 is 5.54 Å². The van der Waals surface area contributed by atoms with Gasteiger partial charge in [-0.05, 0) is 43.1 Å². The van der Waals surface area contributed by atoms with Crippen LogP contribution in [0.3, 0.4) is 0 Å². The van der Waals surface area contributed by atoms with Crippen LogP contribution in [0.5, 0.6) is 5.75 Å². The third kappa shape index (κ3) is 4.58. The van der Waals surface area contributed by atoms with Crippen molar-refractivity contribution in [2.75, 3.05) is 20.3 Å². The molecule has 2 aromatic rings. The third-order valence-corrected chi connectivity index (χ3v) is 4.76. The summed E-state index contributed by atoms with van der Waals surface area (Å²) in [4.78, 5) is 15.4. The average Bonchev–Trinajstić information content (AvgIpc) is 2.71. The number of carbonyl (C=O) groups excluding carboxylic acids is 1. The Morgan fingerprint density at radius 2 is 1.78 bits per heavy atom. The Bertz CT molecular complexity index is 727. The van der Waals surface area contributed by atoms with Crippen molar-refractivity contribution in [1.29, 1.82) is 0 Å². The monoisotopic (exact) mass is 367 g/mol. The van der Waals surface area contributed by atoms with Crippen LogP contribution in [0, 0.1) is 0 Å². The number of nitrogens with zero attached hydrogens (tertiary/aromatic N) is 1. The van der Waals surface area contributed by atoms with E-state index in [4.69, 9.17) is 9.47 Å². The molecule has 1 unspecified atom stereocenters. The first-order valence-electron chi connectivity index (χ1n) is 9.34. The fraction of sp³-hybridized carbons (Fsp3) is 0.348. The van der Waals surface area contributed by atoms with E-state index in [0.29, 0.717) is 26.1 Å². The summed E-state index contributed by atoms with van der Waals surface area (Å²) in [7, 11) is 1.65. The molecule has 0 aromatic heterocycles. The molecule has 0 aliphatic rings. The Balaban J connectivity index is 2.49. The van der Waals surface area contributed by atoms with Crippen molar-refractivity contribution in [1.82, 2.24) is 4.90 Å². The first-order valence-corrected chi connectivity index (χ1v) is 9.34. The molecule has 0 N–H and O–H groups in total. The van der Waals surface area contributed by atoms with E-state index in [2.05, 4.69) is 18.4 Å². The normalized spacial score (nSPS) is 13.0. The van der Waals surface area contributed by atoms with E-state index >= 15 is 0 Å². The number of hydrogen-bond donors (Lipinski definition) is 0. The van der Waals surface area contributed by atoms with Gasteiger partial charge in [-0.25, -0.2) is 4.79 Å². The molecule has 0 radical (unpaired) electrons. The molecule has 0 amide bonds. The van der Waals surface area contributed by atoms with E-state index in [1.165, 1.54) is 0 Å². The number of carbonyl (C=O) groups is 1. The number of benzene rings is 2. The van der Waals surface area contributed by atoms with Gasteiger partial charge in [0.1, 0.15) is 11.3 Å². The molecular formula is C23H29NO3. The van der Waals surface area contributed by atoms with Crippen molar-refractivity contribution in [2.45, 2.75) is 32.4 Å². The van der Waals surface area contributed by atoms with Gasteiger partial charge in [0.2, 0.25) is 0 Å². The highest BCUT2D eigenvalue weighted by molar-refractivity contribution is 5.83. The van der Waals surface area contributed by atoms with Crippen molar-refractivity contribution >= 4 is 5.97 Å². The van der Waals surface area contributed by atoms with Crippen LogP contribution >= 0.6 is 0 Å². The summed E-state index contributed by atoms with van der Waals surface area (Å²) in [6.07, 6.45) is 2.26. The summed E-state index contributed by atoms with van der Waals surface area (Å²) >= 11 is 0. The van der Waals surface area contributed by atoms with Crippen LogP contribution in [-0.4, -0.2) is 31.1 Å². The lowest BCUT2D eigenvalue weighted by atomic mass is 9.84. The summed E-state index contributed by atoms with van der Waals surface area (Å²) in [5.41, 5.74) is 1.11. The van der Waals surface area contributed by atoms with Crippen molar-refractivity contribution in [3.63, 3.8) is 0 Å². The van der Waals surface area contributed by atoms with Gasteiger partial charge in [-0.15, -0.1) is 6.58 Å². The second-order valence-corrected chi connectivity index (χ2v) is 6.30. The lowest BCUT2D eigenvalue weighted by Gasteiger charge is -2.41. The van der Waals surface area contributed by atoms with Crippen LogP contribution in [-0.2, 0) is 21.6 Å². The molecule has 0 bridgehead atoms. The summed E-state index contributed by atoms with van der Waals surface area (Å²) in [6, 6.07) is 17.7. The molecule has 4 heteroatoms. The summed E-state index contributed by atoms with van der Waals surface area (Å²) in [5.74, 6) is 0.569. The minimum absolute atomic E-state index is 0.244. The second-order valence-electron chi connectivity index (χ2n) is 6.30. The molecule has 0 saturated heterocycles. The van der Waals surface area contributed by atoms with Gasteiger partial charge >= 0.3 is 5.97 Å². The first-order chi connectivity index (χ1) is 13.1. The highest BCUT2D eigenvalue weighted by atomic mass is 16.5. The minimum atomic E-state index is -0.909. The number of methoxy groups -OCH3 is 1. The van der Waals surface area contributed by atoms with Crippen LogP contribution in [0.15, 0.2) is 67.3 Å². The highest BCUT2D eigenvalue weighted by Gasteiger charge is 2.45. The molecule has 4 nitrogen and oxygen atoms in total. The maximum absolute atomic E-state index is 13.2. The van der Waals surface area contributed by atoms with E-state index in [1.54, 1.807) is 13.2 Å². The smallest absolute Gasteiger partial charge is 0.331 e. The van der Waals surface area contributed by atoms with E-state index in [0.717, 1.165) is 16.9 Å². The van der Waals surface area contributed by atoms with Crippen LogP contribution in [0.2, 0.25) is 0 Å². The molecule has 0 aliphatic heterocycles. The lowest BCUT2D eigenvalue weighted by Crippen LogP contribution is -2.52. The Kier molecular flexibility index (Phi) is 7.62. The van der Waals surface area contributed by atoms with Crippen LogP contribution < -0.4 is 4.74 Å². The van der Waals surface area contributed by atoms with Gasteiger partial charge in [0.15, 0.2) is 0 Å². The van der Waals surface area contributed by atoms with Crippen LogP contribution in [0.25, 0.3) is 0 Å². The topological polar surface area (TPSA) is 38.8 Å². The number of esters is 1. The fourth-order valence-corrected chi connectivity index (χ4v) is 3.40. The molecule has 2 aromatic carbocycles. The van der Waals surface area contributed by atoms with E-state index in [-0.39, 0.29) is 5.97 Å². The highest BCUT2D eigenvalue weighted by Crippen LogP contribution is 2.35. The quantitative estimate of drug-likeness (QED) is 0.456. The van der Waals surface area contributed by atoms with E-state index in [1.807, 2.05) is 61.5 Å². The number of hydrogen-bond acceptors (Lipinski definition) is 4. The minimum Gasteiger partial charge on any atom is -0.497 e. The molecule has 0 fully saturated rings. The zero-order valence-electron chi connectivity index (χ0n) is 16.5. The van der Waals surface area contributed by atoms with Gasteiger partial charge < -0.3 is 9.47 Å². The van der Waals surface area contributed by atoms with Crippen molar-refractivity contribution in [3.8, 4) is 5.75 Å². The standard InChI is InChI=1S/C23H29NO3/c1-5-17-23(22(25)27-7-3,20-11-9-8-10-12-20)24(6-2)18-19-13-15-21(26-4)16-14-19/h5,8-16H,1,6-7,17-18H2,2-4H3. The maximum atomic E-state index is 13.2. The first kappa shape index (κ1) is 20.7. The molecule has 1 atom stereocenters. The molecule has 0 aliphatic carbocycles. The van der Waals surface area contributed by atoms with Crippen LogP contribution in [0.1, 0.15) is 31.4 Å². The van der Waals surface area contributed by atoms with E-state index in [9.17, 15) is 4.79 Å². The Morgan fingerprint density at radius 3 is 2.30 bits per heavy atom. The lowest BCUT2D eigenvalue weighted by molar-refractivity contribution is -0.159. The zero-order valence-corrected chi connectivity index (χ0v) is 16.5. The maximum Gasteiger partial charge on any atom is 0.331 e. The fourth-order valence-electron chi connectivity index (χ4n) is 3.40. The Hall–Kier alpha value is -2.59. The van der Waals surface area contributed by atoms with Gasteiger partial charge in [0.25, 0.3) is 0 Å². The summed E-state index contributed by atoms with van der Waals surface area (Å²) < 4.78 is 10.8. The largest absolute Gasteiger partial charge is 0.497 e. The Labute approximate surface area is 162 Å². The average molecular weight is 367 g/mol. The molecule has 0 spiro atoms. The molecule has 2 rings (SSSR count). The molecule has 0 saturated carbocycles. The number of ether oxygens (including phenoxy) is 2. The third-order valence-electron chi connectivity index (χ3n) is 4.76. The van der Waals surface area contributed by atoms with Gasteiger partial charge in [0.05, 0.1) is 13.7 Å². The van der Waals surface area contributed by atoms with Gasteiger partial charge in [-0.3, -0.25) is 4.90 Å². The SMILES string of the molecule is C=CCC(C(=O)OCC)(c1ccccc1)N(CC)Cc1ccc(OC)cc1. The van der Waals surface area contributed by atoms with Gasteiger partial charge in [-0.1, -0.05) is 55.5 Å². The predicted molar refractivity (Wildman–Crippen MR) is 109 cm³/mol. The molecular weight excluding hydrogens is 338 g/mol. The summed E-state index contributed by atoms with van der Waals surface area (Å²) in [6.45, 7) is 9.44. The van der Waals surface area contributed by atoms with Crippen molar-refractivity contribution < 1.29 is 14.3 Å².